The Hall–Kier alpha value is -1.28. The molecule has 1 aromatic heterocycles. The largest absolute Gasteiger partial charge is 0.493 e. The minimum atomic E-state index is 0. The summed E-state index contributed by atoms with van der Waals surface area (Å²) in [5, 5.41) is 10.9. The standard InChI is InChI=1S/C18H25N3OS.HI/c1-14(2)12-22-17-7-5-4-6-16(17)11-21-18(19-3)20-10-15-8-9-23-13-15;/h4-9,13-14H,10-12H2,1-3H3,(H2,19,20,21);1H. The molecule has 0 amide bonds. The highest BCUT2D eigenvalue weighted by Gasteiger charge is 2.05. The van der Waals surface area contributed by atoms with Crippen LogP contribution >= 0.6 is 35.3 Å². The molecule has 24 heavy (non-hydrogen) atoms. The van der Waals surface area contributed by atoms with E-state index < -0.39 is 0 Å². The third kappa shape index (κ3) is 7.09. The van der Waals surface area contributed by atoms with Crippen molar-refractivity contribution >= 4 is 41.3 Å². The van der Waals surface area contributed by atoms with Crippen LogP contribution in [0.1, 0.15) is 25.0 Å². The number of hydrogen-bond acceptors (Lipinski definition) is 3. The number of para-hydroxylation sites is 1. The predicted octanol–water partition coefficient (Wildman–Crippen LogP) is 4.27. The van der Waals surface area contributed by atoms with Crippen LogP contribution in [0.4, 0.5) is 0 Å². The van der Waals surface area contributed by atoms with Crippen molar-refractivity contribution in [3.8, 4) is 5.75 Å². The Bertz CT molecular complexity index is 614. The van der Waals surface area contributed by atoms with Gasteiger partial charge in [-0.3, -0.25) is 4.99 Å². The van der Waals surface area contributed by atoms with Gasteiger partial charge in [0.1, 0.15) is 5.75 Å². The average Bonchev–Trinajstić information content (AvgIpc) is 3.07. The van der Waals surface area contributed by atoms with Crippen LogP contribution in [-0.2, 0) is 13.1 Å². The SMILES string of the molecule is CN=C(NCc1ccsc1)NCc1ccccc1OCC(C)C.I. The first kappa shape index (κ1) is 20.8. The molecule has 6 heteroatoms. The summed E-state index contributed by atoms with van der Waals surface area (Å²) < 4.78 is 5.88. The summed E-state index contributed by atoms with van der Waals surface area (Å²) in [4.78, 5) is 4.26. The molecule has 2 N–H and O–H groups in total. The molecule has 0 bridgehead atoms. The Morgan fingerprint density at radius 2 is 1.92 bits per heavy atom. The molecule has 0 fully saturated rings. The van der Waals surface area contributed by atoms with Gasteiger partial charge in [0.25, 0.3) is 0 Å². The first-order valence-corrected chi connectivity index (χ1v) is 8.79. The minimum absolute atomic E-state index is 0. The molecule has 0 atom stereocenters. The second kappa shape index (κ2) is 11.3. The van der Waals surface area contributed by atoms with E-state index in [4.69, 9.17) is 4.74 Å². The summed E-state index contributed by atoms with van der Waals surface area (Å²) in [6.45, 7) is 6.47. The fourth-order valence-electron chi connectivity index (χ4n) is 2.03. The zero-order valence-corrected chi connectivity index (χ0v) is 17.6. The maximum Gasteiger partial charge on any atom is 0.191 e. The zero-order chi connectivity index (χ0) is 16.5. The molecule has 1 aromatic carbocycles. The van der Waals surface area contributed by atoms with Gasteiger partial charge < -0.3 is 15.4 Å². The Labute approximate surface area is 165 Å². The van der Waals surface area contributed by atoms with Crippen LogP contribution in [0, 0.1) is 5.92 Å². The van der Waals surface area contributed by atoms with Crippen molar-refractivity contribution < 1.29 is 4.74 Å². The van der Waals surface area contributed by atoms with E-state index in [1.807, 2.05) is 18.2 Å². The highest BCUT2D eigenvalue weighted by atomic mass is 127. The first-order chi connectivity index (χ1) is 11.2. The van der Waals surface area contributed by atoms with Gasteiger partial charge in [-0.15, -0.1) is 24.0 Å². The van der Waals surface area contributed by atoms with Gasteiger partial charge in [0, 0.05) is 25.7 Å². The van der Waals surface area contributed by atoms with E-state index in [-0.39, 0.29) is 24.0 Å². The number of aliphatic imine (C=N–C) groups is 1. The van der Waals surface area contributed by atoms with Crippen LogP contribution in [-0.4, -0.2) is 19.6 Å². The van der Waals surface area contributed by atoms with E-state index in [2.05, 4.69) is 52.4 Å². The third-order valence-corrected chi connectivity index (χ3v) is 3.99. The van der Waals surface area contributed by atoms with E-state index in [9.17, 15) is 0 Å². The number of benzene rings is 1. The number of nitrogens with zero attached hydrogens (tertiary/aromatic N) is 1. The fraction of sp³-hybridized carbons (Fsp3) is 0.389. The smallest absolute Gasteiger partial charge is 0.191 e. The molecule has 0 saturated carbocycles. The second-order valence-electron chi connectivity index (χ2n) is 5.72. The molecule has 132 valence electrons. The van der Waals surface area contributed by atoms with E-state index in [0.29, 0.717) is 12.5 Å². The summed E-state index contributed by atoms with van der Waals surface area (Å²) in [5.41, 5.74) is 2.39. The van der Waals surface area contributed by atoms with Gasteiger partial charge in [-0.1, -0.05) is 32.0 Å². The van der Waals surface area contributed by atoms with E-state index in [1.54, 1.807) is 18.4 Å². The van der Waals surface area contributed by atoms with E-state index in [0.717, 1.165) is 30.4 Å². The molecule has 0 aliphatic rings. The third-order valence-electron chi connectivity index (χ3n) is 3.25. The molecule has 0 aliphatic heterocycles. The zero-order valence-electron chi connectivity index (χ0n) is 14.4. The molecular formula is C18H26IN3OS. The molecule has 0 radical (unpaired) electrons. The number of guanidine groups is 1. The topological polar surface area (TPSA) is 45.7 Å². The van der Waals surface area contributed by atoms with Crippen molar-refractivity contribution in [3.05, 3.63) is 52.2 Å². The molecule has 4 nitrogen and oxygen atoms in total. The van der Waals surface area contributed by atoms with Gasteiger partial charge in [-0.2, -0.15) is 11.3 Å². The lowest BCUT2D eigenvalue weighted by Crippen LogP contribution is -2.36. The van der Waals surface area contributed by atoms with Crippen LogP contribution in [0.2, 0.25) is 0 Å². The van der Waals surface area contributed by atoms with E-state index in [1.165, 1.54) is 5.56 Å². The molecule has 2 rings (SSSR count). The van der Waals surface area contributed by atoms with Crippen LogP contribution < -0.4 is 15.4 Å². The quantitative estimate of drug-likeness (QED) is 0.370. The molecular weight excluding hydrogens is 433 g/mol. The molecule has 0 spiro atoms. The summed E-state index contributed by atoms with van der Waals surface area (Å²) in [6.07, 6.45) is 0. The Balaban J connectivity index is 0.00000288. The maximum absolute atomic E-state index is 5.88. The molecule has 0 aliphatic carbocycles. The highest BCUT2D eigenvalue weighted by molar-refractivity contribution is 14.0. The molecule has 1 heterocycles. The van der Waals surface area contributed by atoms with Crippen molar-refractivity contribution in [1.29, 1.82) is 0 Å². The van der Waals surface area contributed by atoms with Gasteiger partial charge in [-0.25, -0.2) is 0 Å². The van der Waals surface area contributed by atoms with Gasteiger partial charge in [0.15, 0.2) is 5.96 Å². The average molecular weight is 459 g/mol. The summed E-state index contributed by atoms with van der Waals surface area (Å²) >= 11 is 1.70. The second-order valence-corrected chi connectivity index (χ2v) is 6.50. The number of ether oxygens (including phenoxy) is 1. The van der Waals surface area contributed by atoms with Crippen molar-refractivity contribution in [3.63, 3.8) is 0 Å². The lowest BCUT2D eigenvalue weighted by molar-refractivity contribution is 0.268. The van der Waals surface area contributed by atoms with Crippen LogP contribution in [0.5, 0.6) is 5.75 Å². The molecule has 0 unspecified atom stereocenters. The van der Waals surface area contributed by atoms with Crippen molar-refractivity contribution in [2.24, 2.45) is 10.9 Å². The van der Waals surface area contributed by atoms with Crippen molar-refractivity contribution in [2.45, 2.75) is 26.9 Å². The van der Waals surface area contributed by atoms with Crippen LogP contribution in [0.15, 0.2) is 46.1 Å². The van der Waals surface area contributed by atoms with Crippen LogP contribution in [0.3, 0.4) is 0 Å². The Kier molecular flexibility index (Phi) is 9.78. The first-order valence-electron chi connectivity index (χ1n) is 7.85. The van der Waals surface area contributed by atoms with Gasteiger partial charge in [0.05, 0.1) is 6.61 Å². The minimum Gasteiger partial charge on any atom is -0.493 e. The Morgan fingerprint density at radius 1 is 1.17 bits per heavy atom. The fourth-order valence-corrected chi connectivity index (χ4v) is 2.69. The molecule has 2 aromatic rings. The Morgan fingerprint density at radius 3 is 2.58 bits per heavy atom. The maximum atomic E-state index is 5.88. The van der Waals surface area contributed by atoms with Gasteiger partial charge >= 0.3 is 0 Å². The predicted molar refractivity (Wildman–Crippen MR) is 114 cm³/mol. The summed E-state index contributed by atoms with van der Waals surface area (Å²) in [7, 11) is 1.78. The number of nitrogens with one attached hydrogen (secondary N) is 2. The highest BCUT2D eigenvalue weighted by Crippen LogP contribution is 2.18. The van der Waals surface area contributed by atoms with Crippen LogP contribution in [0.25, 0.3) is 0 Å². The van der Waals surface area contributed by atoms with Crippen molar-refractivity contribution in [2.75, 3.05) is 13.7 Å². The molecule has 0 saturated heterocycles. The van der Waals surface area contributed by atoms with E-state index >= 15 is 0 Å². The number of halogens is 1. The number of rotatable bonds is 7. The lowest BCUT2D eigenvalue weighted by Gasteiger charge is -2.15. The summed E-state index contributed by atoms with van der Waals surface area (Å²) in [6, 6.07) is 10.2. The van der Waals surface area contributed by atoms with Gasteiger partial charge in [0.2, 0.25) is 0 Å². The number of thiophene rings is 1. The summed E-state index contributed by atoms with van der Waals surface area (Å²) in [5.74, 6) is 2.23. The monoisotopic (exact) mass is 459 g/mol. The van der Waals surface area contributed by atoms with Gasteiger partial charge in [-0.05, 0) is 34.4 Å². The lowest BCUT2D eigenvalue weighted by atomic mass is 10.2. The number of hydrogen-bond donors (Lipinski definition) is 2. The van der Waals surface area contributed by atoms with Crippen molar-refractivity contribution in [1.82, 2.24) is 10.6 Å². The normalized spacial score (nSPS) is 11.1.